The molecular weight excluding hydrogens is 440 g/mol. The van der Waals surface area contributed by atoms with Crippen LogP contribution in [0.25, 0.3) is 11.1 Å². The minimum absolute atomic E-state index is 0.0127. The first-order chi connectivity index (χ1) is 15.3. The normalized spacial score (nSPS) is 14.2. The average molecular weight is 465 g/mol. The summed E-state index contributed by atoms with van der Waals surface area (Å²) in [5.74, 6) is -0.250. The van der Waals surface area contributed by atoms with Gasteiger partial charge in [0, 0.05) is 24.1 Å². The number of carbonyl (C=O) groups is 1. The van der Waals surface area contributed by atoms with Gasteiger partial charge in [-0.1, -0.05) is 66.8 Å². The fourth-order valence-corrected chi connectivity index (χ4v) is 5.90. The summed E-state index contributed by atoms with van der Waals surface area (Å²) in [5.41, 5.74) is 6.35. The summed E-state index contributed by atoms with van der Waals surface area (Å²) < 4.78 is 22.6. The van der Waals surface area contributed by atoms with E-state index in [2.05, 4.69) is 33.6 Å². The van der Waals surface area contributed by atoms with Crippen molar-refractivity contribution in [1.29, 1.82) is 0 Å². The van der Waals surface area contributed by atoms with E-state index < -0.39 is 15.7 Å². The summed E-state index contributed by atoms with van der Waals surface area (Å²) in [6.45, 7) is 2.12. The molecule has 0 saturated carbocycles. The number of hydrogen-bond acceptors (Lipinski definition) is 5. The third-order valence-corrected chi connectivity index (χ3v) is 7.20. The van der Waals surface area contributed by atoms with Gasteiger partial charge in [0.15, 0.2) is 0 Å². The van der Waals surface area contributed by atoms with Crippen LogP contribution in [-0.4, -0.2) is 33.0 Å². The van der Waals surface area contributed by atoms with E-state index in [1.165, 1.54) is 17.4 Å². The number of thiocarbonyl (C=S) groups is 1. The highest BCUT2D eigenvalue weighted by molar-refractivity contribution is 7.93. The third-order valence-electron chi connectivity index (χ3n) is 5.37. The molecule has 1 atom stereocenters. The molecule has 3 aromatic rings. The maximum Gasteiger partial charge on any atom is 0.312 e. The molecule has 0 radical (unpaired) electrons. The number of fused-ring (bicyclic) bond motifs is 3. The molecule has 1 aliphatic carbocycles. The Labute approximate surface area is 194 Å². The van der Waals surface area contributed by atoms with Crippen molar-refractivity contribution in [1.82, 2.24) is 4.98 Å². The molecule has 32 heavy (non-hydrogen) atoms. The van der Waals surface area contributed by atoms with E-state index in [0.717, 1.165) is 22.4 Å². The van der Waals surface area contributed by atoms with Crippen LogP contribution in [0.1, 0.15) is 34.7 Å². The van der Waals surface area contributed by atoms with E-state index >= 15 is 0 Å². The van der Waals surface area contributed by atoms with Crippen LogP contribution < -0.4 is 0 Å². The van der Waals surface area contributed by atoms with Crippen molar-refractivity contribution in [3.63, 3.8) is 0 Å². The van der Waals surface area contributed by atoms with Gasteiger partial charge in [0.05, 0.1) is 21.9 Å². The first-order valence-corrected chi connectivity index (χ1v) is 12.8. The van der Waals surface area contributed by atoms with Crippen molar-refractivity contribution in [2.45, 2.75) is 25.0 Å². The molecule has 0 spiro atoms. The van der Waals surface area contributed by atoms with Crippen molar-refractivity contribution in [3.05, 3.63) is 89.2 Å². The molecule has 0 aliphatic heterocycles. The third kappa shape index (κ3) is 5.11. The molecule has 1 unspecified atom stereocenters. The van der Waals surface area contributed by atoms with E-state index in [9.17, 15) is 9.00 Å². The smallest absolute Gasteiger partial charge is 0.312 e. The van der Waals surface area contributed by atoms with Crippen LogP contribution in [0.5, 0.6) is 0 Å². The Morgan fingerprint density at radius 3 is 2.28 bits per heavy atom. The van der Waals surface area contributed by atoms with Crippen LogP contribution in [-0.2, 0) is 25.0 Å². The molecule has 0 saturated heterocycles. The van der Waals surface area contributed by atoms with E-state index in [4.69, 9.17) is 17.0 Å². The summed E-state index contributed by atoms with van der Waals surface area (Å²) in [4.78, 5) is 16.7. The lowest BCUT2D eigenvalue weighted by Gasteiger charge is -2.14. The van der Waals surface area contributed by atoms with Crippen molar-refractivity contribution in [2.24, 2.45) is 4.36 Å². The average Bonchev–Trinajstić information content (AvgIpc) is 3.07. The number of rotatable bonds is 6. The predicted molar refractivity (Wildman–Crippen MR) is 131 cm³/mol. The van der Waals surface area contributed by atoms with E-state index in [-0.39, 0.29) is 29.7 Å². The molecule has 1 aliphatic rings. The van der Waals surface area contributed by atoms with Gasteiger partial charge in [0.25, 0.3) is 0 Å². The highest BCUT2D eigenvalue weighted by Gasteiger charge is 2.29. The summed E-state index contributed by atoms with van der Waals surface area (Å²) in [6.07, 6.45) is 3.06. The second kappa shape index (κ2) is 9.30. The van der Waals surface area contributed by atoms with Gasteiger partial charge in [-0.3, -0.25) is 9.78 Å². The zero-order chi connectivity index (χ0) is 22.7. The maximum atomic E-state index is 12.8. The van der Waals surface area contributed by atoms with Crippen molar-refractivity contribution in [3.8, 4) is 11.1 Å². The zero-order valence-corrected chi connectivity index (χ0v) is 19.6. The Morgan fingerprint density at radius 2 is 1.69 bits per heavy atom. The van der Waals surface area contributed by atoms with E-state index in [1.54, 1.807) is 6.20 Å². The fourth-order valence-electron chi connectivity index (χ4n) is 3.96. The van der Waals surface area contributed by atoms with Crippen molar-refractivity contribution in [2.75, 3.05) is 12.9 Å². The van der Waals surface area contributed by atoms with Crippen LogP contribution in [0.2, 0.25) is 0 Å². The van der Waals surface area contributed by atoms with E-state index in [1.807, 2.05) is 43.3 Å². The summed E-state index contributed by atoms with van der Waals surface area (Å²) in [7, 11) is -2.62. The molecule has 4 rings (SSSR count). The Bertz CT molecular complexity index is 1250. The second-order valence-electron chi connectivity index (χ2n) is 7.98. The van der Waals surface area contributed by atoms with E-state index in [0.29, 0.717) is 0 Å². The second-order valence-corrected chi connectivity index (χ2v) is 10.8. The molecule has 1 aromatic heterocycles. The minimum atomic E-state index is -2.62. The Balaban J connectivity index is 1.39. The molecule has 2 aromatic carbocycles. The maximum absolute atomic E-state index is 12.8. The zero-order valence-electron chi connectivity index (χ0n) is 18.0. The molecule has 7 heteroatoms. The number of aromatic nitrogens is 1. The highest BCUT2D eigenvalue weighted by atomic mass is 32.2. The van der Waals surface area contributed by atoms with Gasteiger partial charge in [-0.15, -0.1) is 0 Å². The number of esters is 1. The summed E-state index contributed by atoms with van der Waals surface area (Å²) in [5, 5.41) is 0. The van der Waals surface area contributed by atoms with Gasteiger partial charge >= 0.3 is 5.97 Å². The van der Waals surface area contributed by atoms with Crippen LogP contribution in [0, 0.1) is 6.92 Å². The Hall–Kier alpha value is -2.90. The van der Waals surface area contributed by atoms with Crippen LogP contribution >= 0.6 is 12.2 Å². The number of pyridine rings is 1. The van der Waals surface area contributed by atoms with Gasteiger partial charge in [-0.25, -0.2) is 4.21 Å². The monoisotopic (exact) mass is 464 g/mol. The number of hydrogen-bond donors (Lipinski definition) is 0. The topological polar surface area (TPSA) is 68.6 Å². The van der Waals surface area contributed by atoms with Gasteiger partial charge in [0.1, 0.15) is 11.6 Å². The lowest BCUT2D eigenvalue weighted by molar-refractivity contribution is -0.142. The number of ether oxygens (including phenoxy) is 1. The molecule has 0 fully saturated rings. The standard InChI is InChI=1S/C25H24N2O3S2/c1-17-11-12-18(14-26-17)16-32(2,29)27-24(31)13-25(28)30-15-23-21-9-5-3-7-19(21)20-8-4-6-10-22(20)23/h3-12,14,23H,13,15-16H2,1-2H3. The molecule has 0 N–H and O–H groups in total. The SMILES string of the molecule is Cc1ccc(CS(C)(=O)=NC(=S)CC(=O)OCC2c3ccccc3-c3ccccc32)cn1. The molecule has 0 bridgehead atoms. The van der Waals surface area contributed by atoms with Crippen LogP contribution in [0.3, 0.4) is 0 Å². The molecular formula is C25H24N2O3S2. The molecule has 5 nitrogen and oxygen atoms in total. The van der Waals surface area contributed by atoms with Gasteiger partial charge in [-0.2, -0.15) is 4.36 Å². The number of nitrogens with zero attached hydrogens (tertiary/aromatic N) is 2. The largest absolute Gasteiger partial charge is 0.464 e. The molecule has 164 valence electrons. The lowest BCUT2D eigenvalue weighted by Crippen LogP contribution is -2.15. The molecule has 1 heterocycles. The Morgan fingerprint density at radius 1 is 1.06 bits per heavy atom. The first kappa shape index (κ1) is 22.3. The van der Waals surface area contributed by atoms with Crippen molar-refractivity contribution >= 4 is 32.9 Å². The minimum Gasteiger partial charge on any atom is -0.464 e. The van der Waals surface area contributed by atoms with Gasteiger partial charge in [0.2, 0.25) is 0 Å². The summed E-state index contributed by atoms with van der Waals surface area (Å²) >= 11 is 5.23. The summed E-state index contributed by atoms with van der Waals surface area (Å²) in [6, 6.07) is 20.1. The van der Waals surface area contributed by atoms with Crippen molar-refractivity contribution < 1.29 is 13.7 Å². The van der Waals surface area contributed by atoms with Gasteiger partial charge in [-0.05, 0) is 40.8 Å². The number of carbonyl (C=O) groups excluding carboxylic acids is 1. The number of aryl methyl sites for hydroxylation is 1. The quantitative estimate of drug-likeness (QED) is 0.377. The lowest BCUT2D eigenvalue weighted by atomic mass is 9.98. The van der Waals surface area contributed by atoms with Gasteiger partial charge < -0.3 is 4.74 Å². The molecule has 0 amide bonds. The first-order valence-electron chi connectivity index (χ1n) is 10.3. The predicted octanol–water partition coefficient (Wildman–Crippen LogP) is 5.06. The Kier molecular flexibility index (Phi) is 6.48. The highest BCUT2D eigenvalue weighted by Crippen LogP contribution is 2.44. The van der Waals surface area contributed by atoms with Crippen LogP contribution in [0.15, 0.2) is 71.2 Å². The van der Waals surface area contributed by atoms with Crippen LogP contribution in [0.4, 0.5) is 0 Å². The fraction of sp³-hybridized carbons (Fsp3) is 0.240. The number of benzene rings is 2.